The predicted molar refractivity (Wildman–Crippen MR) is 73.8 cm³/mol. The molecule has 0 aliphatic carbocycles. The lowest BCUT2D eigenvalue weighted by Gasteiger charge is -2.34. The summed E-state index contributed by atoms with van der Waals surface area (Å²) >= 11 is 0. The van der Waals surface area contributed by atoms with E-state index in [9.17, 15) is 23.1 Å². The van der Waals surface area contributed by atoms with Crippen LogP contribution in [0.15, 0.2) is 24.3 Å². The average Bonchev–Trinajstić information content (AvgIpc) is 2.36. The Morgan fingerprint density at radius 1 is 1.33 bits per heavy atom. The Kier molecular flexibility index (Phi) is 4.17. The molecular formula is C13H15NO6S. The van der Waals surface area contributed by atoms with Gasteiger partial charge in [-0.2, -0.15) is 0 Å². The molecule has 1 aliphatic heterocycles. The molecule has 0 spiro atoms. The number of aromatic hydroxyl groups is 1. The molecule has 1 aromatic rings. The van der Waals surface area contributed by atoms with Crippen LogP contribution in [0.4, 0.5) is 0 Å². The van der Waals surface area contributed by atoms with Crippen molar-refractivity contribution >= 4 is 21.7 Å². The van der Waals surface area contributed by atoms with Gasteiger partial charge in [0.15, 0.2) is 9.84 Å². The van der Waals surface area contributed by atoms with E-state index < -0.39 is 34.2 Å². The van der Waals surface area contributed by atoms with Gasteiger partial charge in [0.1, 0.15) is 5.75 Å². The predicted octanol–water partition coefficient (Wildman–Crippen LogP) is 0.106. The Bertz CT molecular complexity index is 669. The molecule has 114 valence electrons. The number of carbonyl (C=O) groups excluding carboxylic acids is 1. The van der Waals surface area contributed by atoms with E-state index in [1.807, 2.05) is 0 Å². The van der Waals surface area contributed by atoms with Crippen LogP contribution in [-0.4, -0.2) is 59.5 Å². The van der Waals surface area contributed by atoms with E-state index in [4.69, 9.17) is 5.11 Å². The van der Waals surface area contributed by atoms with E-state index in [0.29, 0.717) is 0 Å². The normalized spacial score (nSPS) is 21.0. The number of benzene rings is 1. The van der Waals surface area contributed by atoms with Crippen LogP contribution < -0.4 is 0 Å². The zero-order chi connectivity index (χ0) is 15.6. The van der Waals surface area contributed by atoms with E-state index in [0.717, 1.165) is 0 Å². The summed E-state index contributed by atoms with van der Waals surface area (Å²) in [4.78, 5) is 24.5. The molecule has 1 unspecified atom stereocenters. The number of sulfone groups is 1. The van der Waals surface area contributed by atoms with Gasteiger partial charge in [-0.15, -0.1) is 0 Å². The standard InChI is InChI=1S/C13H15NO6S/c15-11-3-1-2-9(6-11)13(18)14-4-5-21(19,20)8-10(14)7-12(16)17/h1-3,6,10,15H,4-5,7-8H2,(H,16,17). The van der Waals surface area contributed by atoms with Crippen molar-refractivity contribution in [3.05, 3.63) is 29.8 Å². The van der Waals surface area contributed by atoms with Crippen molar-refractivity contribution < 1.29 is 28.2 Å². The van der Waals surface area contributed by atoms with E-state index in [-0.39, 0.29) is 29.4 Å². The first-order valence-corrected chi connectivity index (χ1v) is 8.13. The molecule has 8 heteroatoms. The Balaban J connectivity index is 2.27. The molecule has 0 saturated carbocycles. The van der Waals surface area contributed by atoms with Gasteiger partial charge in [-0.25, -0.2) is 8.42 Å². The van der Waals surface area contributed by atoms with Gasteiger partial charge < -0.3 is 15.1 Å². The highest BCUT2D eigenvalue weighted by molar-refractivity contribution is 7.91. The van der Waals surface area contributed by atoms with Crippen LogP contribution >= 0.6 is 0 Å². The van der Waals surface area contributed by atoms with Crippen molar-refractivity contribution in [3.63, 3.8) is 0 Å². The maximum absolute atomic E-state index is 12.4. The monoisotopic (exact) mass is 313 g/mol. The molecule has 1 fully saturated rings. The number of phenolic OH excluding ortho intramolecular Hbond substituents is 1. The quantitative estimate of drug-likeness (QED) is 0.819. The summed E-state index contributed by atoms with van der Waals surface area (Å²) in [5, 5.41) is 18.3. The number of phenols is 1. The second kappa shape index (κ2) is 5.72. The minimum atomic E-state index is -3.34. The Labute approximate surface area is 121 Å². The molecule has 1 aromatic carbocycles. The molecule has 1 heterocycles. The minimum Gasteiger partial charge on any atom is -0.508 e. The molecule has 0 radical (unpaired) electrons. The number of carbonyl (C=O) groups is 2. The zero-order valence-corrected chi connectivity index (χ0v) is 11.9. The fourth-order valence-corrected chi connectivity index (χ4v) is 3.85. The molecule has 1 atom stereocenters. The Hall–Kier alpha value is -2.09. The largest absolute Gasteiger partial charge is 0.508 e. The molecule has 1 amide bonds. The number of amides is 1. The number of carboxylic acid groups (broad SMARTS) is 1. The molecule has 7 nitrogen and oxygen atoms in total. The highest BCUT2D eigenvalue weighted by atomic mass is 32.2. The van der Waals surface area contributed by atoms with Crippen LogP contribution in [0.5, 0.6) is 5.75 Å². The van der Waals surface area contributed by atoms with E-state index in [1.54, 1.807) is 0 Å². The molecular weight excluding hydrogens is 298 g/mol. The lowest BCUT2D eigenvalue weighted by Crippen LogP contribution is -2.52. The van der Waals surface area contributed by atoms with Crippen molar-refractivity contribution in [1.82, 2.24) is 4.90 Å². The number of aliphatic carboxylic acids is 1. The fraction of sp³-hybridized carbons (Fsp3) is 0.385. The highest BCUT2D eigenvalue weighted by Gasteiger charge is 2.35. The van der Waals surface area contributed by atoms with Crippen molar-refractivity contribution in [1.29, 1.82) is 0 Å². The first kappa shape index (κ1) is 15.3. The number of carboxylic acids is 1. The second-order valence-electron chi connectivity index (χ2n) is 4.91. The van der Waals surface area contributed by atoms with E-state index >= 15 is 0 Å². The van der Waals surface area contributed by atoms with Crippen LogP contribution in [0.2, 0.25) is 0 Å². The van der Waals surface area contributed by atoms with Gasteiger partial charge in [-0.3, -0.25) is 9.59 Å². The van der Waals surface area contributed by atoms with Crippen molar-refractivity contribution in [2.75, 3.05) is 18.1 Å². The molecule has 0 bridgehead atoms. The van der Waals surface area contributed by atoms with Gasteiger partial charge in [0.2, 0.25) is 0 Å². The van der Waals surface area contributed by atoms with E-state index in [2.05, 4.69) is 0 Å². The molecule has 1 saturated heterocycles. The summed E-state index contributed by atoms with van der Waals surface area (Å²) < 4.78 is 23.3. The number of hydrogen-bond acceptors (Lipinski definition) is 5. The van der Waals surface area contributed by atoms with Crippen LogP contribution in [-0.2, 0) is 14.6 Å². The number of rotatable bonds is 3. The maximum atomic E-state index is 12.4. The molecule has 0 aromatic heterocycles. The third-order valence-corrected chi connectivity index (χ3v) is 4.99. The molecule has 2 N–H and O–H groups in total. The summed E-state index contributed by atoms with van der Waals surface area (Å²) in [6.07, 6.45) is -0.427. The lowest BCUT2D eigenvalue weighted by molar-refractivity contribution is -0.138. The van der Waals surface area contributed by atoms with Gasteiger partial charge in [-0.05, 0) is 18.2 Å². The Morgan fingerprint density at radius 3 is 2.67 bits per heavy atom. The van der Waals surface area contributed by atoms with Crippen molar-refractivity contribution in [2.45, 2.75) is 12.5 Å². The number of hydrogen-bond donors (Lipinski definition) is 2. The van der Waals surface area contributed by atoms with Gasteiger partial charge in [0.05, 0.1) is 24.0 Å². The molecule has 21 heavy (non-hydrogen) atoms. The third-order valence-electron chi connectivity index (χ3n) is 3.29. The van der Waals surface area contributed by atoms with Gasteiger partial charge in [0, 0.05) is 12.1 Å². The first-order valence-electron chi connectivity index (χ1n) is 6.31. The highest BCUT2D eigenvalue weighted by Crippen LogP contribution is 2.20. The van der Waals surface area contributed by atoms with E-state index in [1.165, 1.54) is 29.2 Å². The van der Waals surface area contributed by atoms with Gasteiger partial charge in [-0.1, -0.05) is 6.07 Å². The molecule has 1 aliphatic rings. The van der Waals surface area contributed by atoms with Crippen LogP contribution in [0.1, 0.15) is 16.8 Å². The van der Waals surface area contributed by atoms with Gasteiger partial charge >= 0.3 is 5.97 Å². The zero-order valence-electron chi connectivity index (χ0n) is 11.1. The van der Waals surface area contributed by atoms with Crippen LogP contribution in [0, 0.1) is 0 Å². The van der Waals surface area contributed by atoms with Crippen LogP contribution in [0.3, 0.4) is 0 Å². The summed E-state index contributed by atoms with van der Waals surface area (Å²) in [5.41, 5.74) is 0.199. The maximum Gasteiger partial charge on any atom is 0.305 e. The van der Waals surface area contributed by atoms with Crippen molar-refractivity contribution in [2.24, 2.45) is 0 Å². The average molecular weight is 313 g/mol. The summed E-state index contributed by atoms with van der Waals surface area (Å²) in [6.45, 7) is -0.0469. The van der Waals surface area contributed by atoms with Gasteiger partial charge in [0.25, 0.3) is 5.91 Å². The second-order valence-corrected chi connectivity index (χ2v) is 7.14. The summed E-state index contributed by atoms with van der Waals surface area (Å²) in [7, 11) is -3.34. The van der Waals surface area contributed by atoms with Crippen LogP contribution in [0.25, 0.3) is 0 Å². The molecule has 2 rings (SSSR count). The topological polar surface area (TPSA) is 112 Å². The third kappa shape index (κ3) is 3.72. The Morgan fingerprint density at radius 2 is 2.05 bits per heavy atom. The lowest BCUT2D eigenvalue weighted by atomic mass is 10.1. The SMILES string of the molecule is O=C(O)CC1CS(=O)(=O)CCN1C(=O)c1cccc(O)c1. The minimum absolute atomic E-state index is 0.0469. The smallest absolute Gasteiger partial charge is 0.305 e. The number of nitrogens with zero attached hydrogens (tertiary/aromatic N) is 1. The summed E-state index contributed by atoms with van der Waals surface area (Å²) in [6, 6.07) is 4.77. The fourth-order valence-electron chi connectivity index (χ4n) is 2.33. The van der Waals surface area contributed by atoms with Crippen molar-refractivity contribution in [3.8, 4) is 5.75 Å². The summed E-state index contributed by atoms with van der Waals surface area (Å²) in [5.74, 6) is -2.27. The first-order chi connectivity index (χ1) is 9.78.